The van der Waals surface area contributed by atoms with Gasteiger partial charge in [-0.2, -0.15) is 0 Å². The molecule has 3 heteroatoms. The van der Waals surface area contributed by atoms with E-state index in [2.05, 4.69) is 19.9 Å². The maximum Gasteiger partial charge on any atom is 0.159 e. The summed E-state index contributed by atoms with van der Waals surface area (Å²) < 4.78 is 0. The SMILES string of the molecule is CC=C1C(=O)C[C@H]2[C@@H]3CCC4CC(O)C(O)C[C@]4(C)[C@H]3CC[C@]12C. The number of aliphatic hydroxyl groups excluding tert-OH is 2. The molecular formula is C21H32O3. The van der Waals surface area contributed by atoms with Crippen LogP contribution in [0.3, 0.4) is 0 Å². The van der Waals surface area contributed by atoms with Gasteiger partial charge in [0.25, 0.3) is 0 Å². The Balaban J connectivity index is 1.67. The minimum absolute atomic E-state index is 0.0724. The van der Waals surface area contributed by atoms with Crippen LogP contribution in [0.1, 0.15) is 65.7 Å². The fourth-order valence-corrected chi connectivity index (χ4v) is 7.43. The van der Waals surface area contributed by atoms with Gasteiger partial charge in [-0.15, -0.1) is 0 Å². The highest BCUT2D eigenvalue weighted by Gasteiger charge is 2.61. The van der Waals surface area contributed by atoms with E-state index in [1.165, 1.54) is 6.42 Å². The van der Waals surface area contributed by atoms with Crippen LogP contribution in [0.15, 0.2) is 11.6 Å². The predicted octanol–water partition coefficient (Wildman–Crippen LogP) is 3.49. The third-order valence-corrected chi connectivity index (χ3v) is 8.68. The van der Waals surface area contributed by atoms with Crippen molar-refractivity contribution in [3.63, 3.8) is 0 Å². The number of Topliss-reactive ketones (excluding diaryl/α,β-unsaturated/α-hetero) is 1. The fourth-order valence-electron chi connectivity index (χ4n) is 7.43. The molecular weight excluding hydrogens is 300 g/mol. The molecule has 0 spiro atoms. The van der Waals surface area contributed by atoms with Crippen molar-refractivity contribution >= 4 is 5.78 Å². The number of carbonyl (C=O) groups is 1. The molecule has 24 heavy (non-hydrogen) atoms. The number of hydrogen-bond acceptors (Lipinski definition) is 3. The Kier molecular flexibility index (Phi) is 3.78. The van der Waals surface area contributed by atoms with Crippen LogP contribution in [-0.4, -0.2) is 28.2 Å². The molecule has 8 atom stereocenters. The summed E-state index contributed by atoms with van der Waals surface area (Å²) in [5.41, 5.74) is 1.28. The van der Waals surface area contributed by atoms with E-state index in [1.54, 1.807) is 0 Å². The lowest BCUT2D eigenvalue weighted by Gasteiger charge is -2.60. The summed E-state index contributed by atoms with van der Waals surface area (Å²) in [5.74, 6) is 2.59. The molecule has 4 aliphatic carbocycles. The van der Waals surface area contributed by atoms with Crippen molar-refractivity contribution < 1.29 is 15.0 Å². The number of carbonyl (C=O) groups excluding carboxylic acids is 1. The van der Waals surface area contributed by atoms with E-state index in [0.717, 1.165) is 44.1 Å². The Bertz CT molecular complexity index is 582. The molecule has 0 aliphatic heterocycles. The Morgan fingerprint density at radius 1 is 1.08 bits per heavy atom. The molecule has 0 bridgehead atoms. The quantitative estimate of drug-likeness (QED) is 0.668. The van der Waals surface area contributed by atoms with Gasteiger partial charge in [-0.25, -0.2) is 0 Å². The van der Waals surface area contributed by atoms with Crippen LogP contribution in [0.5, 0.6) is 0 Å². The first kappa shape index (κ1) is 16.8. The molecule has 3 unspecified atom stereocenters. The number of fused-ring (bicyclic) bond motifs is 5. The number of aliphatic hydroxyl groups is 2. The van der Waals surface area contributed by atoms with Crippen molar-refractivity contribution in [3.05, 3.63) is 11.6 Å². The van der Waals surface area contributed by atoms with E-state index in [-0.39, 0.29) is 10.8 Å². The van der Waals surface area contributed by atoms with Gasteiger partial charge in [-0.05, 0) is 85.5 Å². The Morgan fingerprint density at radius 3 is 2.54 bits per heavy atom. The molecule has 0 saturated heterocycles. The summed E-state index contributed by atoms with van der Waals surface area (Å²) in [7, 11) is 0. The van der Waals surface area contributed by atoms with Crippen LogP contribution >= 0.6 is 0 Å². The molecule has 0 amide bonds. The van der Waals surface area contributed by atoms with Gasteiger partial charge in [-0.1, -0.05) is 19.9 Å². The van der Waals surface area contributed by atoms with E-state index >= 15 is 0 Å². The summed E-state index contributed by atoms with van der Waals surface area (Å²) in [6.07, 6.45) is 7.76. The average Bonchev–Trinajstić information content (AvgIpc) is 2.78. The summed E-state index contributed by atoms with van der Waals surface area (Å²) in [5, 5.41) is 20.4. The van der Waals surface area contributed by atoms with Crippen LogP contribution in [0.25, 0.3) is 0 Å². The summed E-state index contributed by atoms with van der Waals surface area (Å²) in [6.45, 7) is 6.70. The second-order valence-electron chi connectivity index (χ2n) is 9.52. The fraction of sp³-hybridized carbons (Fsp3) is 0.857. The number of allylic oxidation sites excluding steroid dienone is 2. The number of ketones is 1. The van der Waals surface area contributed by atoms with Gasteiger partial charge in [0.05, 0.1) is 12.2 Å². The van der Waals surface area contributed by atoms with Gasteiger partial charge < -0.3 is 10.2 Å². The molecule has 0 aromatic heterocycles. The van der Waals surface area contributed by atoms with Crippen molar-refractivity contribution in [3.8, 4) is 0 Å². The van der Waals surface area contributed by atoms with Gasteiger partial charge in [-0.3, -0.25) is 4.79 Å². The second kappa shape index (κ2) is 5.41. The van der Waals surface area contributed by atoms with Crippen LogP contribution in [-0.2, 0) is 4.79 Å². The maximum absolute atomic E-state index is 12.6. The maximum atomic E-state index is 12.6. The van der Waals surface area contributed by atoms with Crippen molar-refractivity contribution in [1.82, 2.24) is 0 Å². The van der Waals surface area contributed by atoms with Crippen molar-refractivity contribution in [1.29, 1.82) is 0 Å². The van der Waals surface area contributed by atoms with Crippen molar-refractivity contribution in [2.75, 3.05) is 0 Å². The lowest BCUT2D eigenvalue weighted by Crippen LogP contribution is -2.56. The third-order valence-electron chi connectivity index (χ3n) is 8.68. The van der Waals surface area contributed by atoms with Gasteiger partial charge in [0.1, 0.15) is 0 Å². The van der Waals surface area contributed by atoms with Gasteiger partial charge in [0.2, 0.25) is 0 Å². The largest absolute Gasteiger partial charge is 0.390 e. The lowest BCUT2D eigenvalue weighted by molar-refractivity contribution is -0.153. The molecule has 3 nitrogen and oxygen atoms in total. The van der Waals surface area contributed by atoms with Crippen LogP contribution in [0.4, 0.5) is 0 Å². The van der Waals surface area contributed by atoms with E-state index in [4.69, 9.17) is 0 Å². The number of hydrogen-bond donors (Lipinski definition) is 2. The second-order valence-corrected chi connectivity index (χ2v) is 9.52. The van der Waals surface area contributed by atoms with E-state index in [0.29, 0.717) is 29.5 Å². The molecule has 0 heterocycles. The van der Waals surface area contributed by atoms with E-state index in [9.17, 15) is 15.0 Å². The molecule has 4 rings (SSSR count). The highest BCUT2D eigenvalue weighted by Crippen LogP contribution is 2.66. The standard InChI is InChI=1S/C21H32O3/c1-4-14-17(22)10-16-13-6-5-12-9-18(23)19(24)11-21(12,3)15(13)7-8-20(14,16)2/h4,12-13,15-16,18-19,23-24H,5-11H2,1-3H3/t12?,13-,15+,16+,18?,19?,20-,21+/m1/s1. The highest BCUT2D eigenvalue weighted by atomic mass is 16.3. The Hall–Kier alpha value is -0.670. The third kappa shape index (κ3) is 2.07. The minimum atomic E-state index is -0.574. The van der Waals surface area contributed by atoms with E-state index in [1.807, 2.05) is 6.92 Å². The molecule has 134 valence electrons. The van der Waals surface area contributed by atoms with Crippen LogP contribution in [0.2, 0.25) is 0 Å². The summed E-state index contributed by atoms with van der Waals surface area (Å²) in [4.78, 5) is 12.6. The zero-order chi connectivity index (χ0) is 17.3. The predicted molar refractivity (Wildman–Crippen MR) is 93.3 cm³/mol. The summed E-state index contributed by atoms with van der Waals surface area (Å²) in [6, 6.07) is 0. The molecule has 4 saturated carbocycles. The topological polar surface area (TPSA) is 57.5 Å². The monoisotopic (exact) mass is 332 g/mol. The first-order chi connectivity index (χ1) is 11.3. The minimum Gasteiger partial charge on any atom is -0.390 e. The average molecular weight is 332 g/mol. The van der Waals surface area contributed by atoms with E-state index < -0.39 is 12.2 Å². The first-order valence-corrected chi connectivity index (χ1v) is 9.87. The molecule has 4 aliphatic rings. The smallest absolute Gasteiger partial charge is 0.159 e. The van der Waals surface area contributed by atoms with Gasteiger partial charge in [0.15, 0.2) is 5.78 Å². The zero-order valence-corrected chi connectivity index (χ0v) is 15.3. The van der Waals surface area contributed by atoms with Crippen LogP contribution in [0, 0.1) is 34.5 Å². The zero-order valence-electron chi connectivity index (χ0n) is 15.3. The van der Waals surface area contributed by atoms with Gasteiger partial charge in [0, 0.05) is 6.42 Å². The van der Waals surface area contributed by atoms with Crippen molar-refractivity contribution in [2.24, 2.45) is 34.5 Å². The number of rotatable bonds is 0. The van der Waals surface area contributed by atoms with Crippen LogP contribution < -0.4 is 0 Å². The lowest BCUT2D eigenvalue weighted by atomic mass is 9.45. The van der Waals surface area contributed by atoms with Gasteiger partial charge >= 0.3 is 0 Å². The Morgan fingerprint density at radius 2 is 1.83 bits per heavy atom. The molecule has 0 radical (unpaired) electrons. The molecule has 2 N–H and O–H groups in total. The summed E-state index contributed by atoms with van der Waals surface area (Å²) >= 11 is 0. The Labute approximate surface area is 145 Å². The molecule has 0 aromatic carbocycles. The molecule has 4 fully saturated rings. The highest BCUT2D eigenvalue weighted by molar-refractivity contribution is 5.99. The normalized spacial score (nSPS) is 55.9. The first-order valence-electron chi connectivity index (χ1n) is 9.87. The van der Waals surface area contributed by atoms with Crippen molar-refractivity contribution in [2.45, 2.75) is 77.9 Å². The molecule has 0 aromatic rings.